The zero-order valence-corrected chi connectivity index (χ0v) is 8.35. The maximum absolute atomic E-state index is 12.4. The Morgan fingerprint density at radius 2 is 2.06 bits per heavy atom. The third-order valence-electron chi connectivity index (χ3n) is 2.01. The van der Waals surface area contributed by atoms with E-state index in [0.717, 1.165) is 4.68 Å². The number of carbonyl (C=O) groups excluding carboxylic acids is 1. The lowest BCUT2D eigenvalue weighted by atomic mass is 10.3. The molecule has 88 valence electrons. The Kier molecular flexibility index (Phi) is 2.66. The van der Waals surface area contributed by atoms with Crippen LogP contribution in [0.1, 0.15) is 16.2 Å². The van der Waals surface area contributed by atoms with E-state index < -0.39 is 11.9 Å². The standard InChI is InChI=1S/C10H6F3N3O/c11-10(12,13)8-5-7(6-17)16(15-8)9-3-1-2-4-14-9/h1-6H. The van der Waals surface area contributed by atoms with Crippen LogP contribution in [0.15, 0.2) is 30.5 Å². The number of alkyl halides is 3. The SMILES string of the molecule is O=Cc1cc(C(F)(F)F)nn1-c1ccccn1. The van der Waals surface area contributed by atoms with Gasteiger partial charge in [-0.1, -0.05) is 6.07 Å². The number of pyridine rings is 1. The largest absolute Gasteiger partial charge is 0.435 e. The molecule has 2 aromatic heterocycles. The zero-order chi connectivity index (χ0) is 12.5. The molecule has 0 unspecified atom stereocenters. The van der Waals surface area contributed by atoms with Gasteiger partial charge in [-0.3, -0.25) is 4.79 Å². The van der Waals surface area contributed by atoms with Crippen LogP contribution >= 0.6 is 0 Å². The molecule has 17 heavy (non-hydrogen) atoms. The Hall–Kier alpha value is -2.18. The molecule has 2 aromatic rings. The highest BCUT2D eigenvalue weighted by Crippen LogP contribution is 2.28. The van der Waals surface area contributed by atoms with E-state index in [1.54, 1.807) is 12.1 Å². The highest BCUT2D eigenvalue weighted by molar-refractivity contribution is 5.73. The molecule has 7 heteroatoms. The predicted molar refractivity (Wildman–Crippen MR) is 51.7 cm³/mol. The molecule has 0 spiro atoms. The van der Waals surface area contributed by atoms with Gasteiger partial charge >= 0.3 is 6.18 Å². The second kappa shape index (κ2) is 4.00. The number of aromatic nitrogens is 3. The smallest absolute Gasteiger partial charge is 0.296 e. The highest BCUT2D eigenvalue weighted by Gasteiger charge is 2.35. The maximum Gasteiger partial charge on any atom is 0.435 e. The second-order valence-corrected chi connectivity index (χ2v) is 3.17. The van der Waals surface area contributed by atoms with Crippen molar-refractivity contribution in [2.75, 3.05) is 0 Å². The van der Waals surface area contributed by atoms with Crippen molar-refractivity contribution in [3.05, 3.63) is 41.9 Å². The van der Waals surface area contributed by atoms with Gasteiger partial charge in [0.15, 0.2) is 17.8 Å². The van der Waals surface area contributed by atoms with Crippen molar-refractivity contribution in [2.24, 2.45) is 0 Å². The Balaban J connectivity index is 2.55. The van der Waals surface area contributed by atoms with Gasteiger partial charge in [0.25, 0.3) is 0 Å². The molecular weight excluding hydrogens is 235 g/mol. The molecule has 0 atom stereocenters. The molecular formula is C10H6F3N3O. The summed E-state index contributed by atoms with van der Waals surface area (Å²) < 4.78 is 38.1. The van der Waals surface area contributed by atoms with Crippen molar-refractivity contribution >= 4 is 6.29 Å². The zero-order valence-electron chi connectivity index (χ0n) is 8.35. The number of halogens is 3. The van der Waals surface area contributed by atoms with E-state index in [9.17, 15) is 18.0 Å². The lowest BCUT2D eigenvalue weighted by molar-refractivity contribution is -0.141. The van der Waals surface area contributed by atoms with E-state index in [1.165, 1.54) is 12.3 Å². The molecule has 0 aliphatic carbocycles. The van der Waals surface area contributed by atoms with Crippen molar-refractivity contribution in [2.45, 2.75) is 6.18 Å². The van der Waals surface area contributed by atoms with Gasteiger partial charge in [0.1, 0.15) is 5.69 Å². The first-order chi connectivity index (χ1) is 8.02. The fourth-order valence-electron chi connectivity index (χ4n) is 1.28. The van der Waals surface area contributed by atoms with Crippen molar-refractivity contribution in [3.63, 3.8) is 0 Å². The highest BCUT2D eigenvalue weighted by atomic mass is 19.4. The van der Waals surface area contributed by atoms with Crippen LogP contribution in [0.3, 0.4) is 0 Å². The summed E-state index contributed by atoms with van der Waals surface area (Å²) in [6.07, 6.45) is -2.88. The Bertz CT molecular complexity index is 533. The molecule has 0 bridgehead atoms. The summed E-state index contributed by atoms with van der Waals surface area (Å²) in [5, 5.41) is 3.32. The summed E-state index contributed by atoms with van der Waals surface area (Å²) in [4.78, 5) is 14.5. The van der Waals surface area contributed by atoms with E-state index in [1.807, 2.05) is 0 Å². The lowest BCUT2D eigenvalue weighted by Gasteiger charge is -2.02. The molecule has 4 nitrogen and oxygen atoms in total. The van der Waals surface area contributed by atoms with Gasteiger partial charge in [-0.05, 0) is 18.2 Å². The van der Waals surface area contributed by atoms with Gasteiger partial charge in [0.05, 0.1) is 0 Å². The van der Waals surface area contributed by atoms with E-state index >= 15 is 0 Å². The van der Waals surface area contributed by atoms with Crippen LogP contribution in [0.2, 0.25) is 0 Å². The Labute approximate surface area is 93.7 Å². The predicted octanol–water partition coefficient (Wildman–Crippen LogP) is 2.10. The third-order valence-corrected chi connectivity index (χ3v) is 2.01. The summed E-state index contributed by atoms with van der Waals surface area (Å²) >= 11 is 0. The van der Waals surface area contributed by atoms with Crippen LogP contribution in [0.5, 0.6) is 0 Å². The third kappa shape index (κ3) is 2.17. The fourth-order valence-corrected chi connectivity index (χ4v) is 1.28. The summed E-state index contributed by atoms with van der Waals surface area (Å²) in [6.45, 7) is 0. The van der Waals surface area contributed by atoms with E-state index in [0.29, 0.717) is 12.4 Å². The van der Waals surface area contributed by atoms with E-state index in [2.05, 4.69) is 10.1 Å². The molecule has 2 heterocycles. The van der Waals surface area contributed by atoms with Crippen LogP contribution in [0, 0.1) is 0 Å². The minimum atomic E-state index is -4.59. The van der Waals surface area contributed by atoms with Gasteiger partial charge in [-0.25, -0.2) is 9.67 Å². The minimum absolute atomic E-state index is 0.158. The normalized spacial score (nSPS) is 11.5. The minimum Gasteiger partial charge on any atom is -0.296 e. The first-order valence-electron chi connectivity index (χ1n) is 4.56. The van der Waals surface area contributed by atoms with Gasteiger partial charge in [0, 0.05) is 6.20 Å². The molecule has 0 aliphatic rings. The van der Waals surface area contributed by atoms with E-state index in [4.69, 9.17) is 0 Å². The number of hydrogen-bond donors (Lipinski definition) is 0. The molecule has 0 saturated heterocycles. The first-order valence-corrected chi connectivity index (χ1v) is 4.56. The Morgan fingerprint density at radius 1 is 1.29 bits per heavy atom. The van der Waals surface area contributed by atoms with Crippen LogP contribution in [-0.4, -0.2) is 21.1 Å². The first kappa shape index (κ1) is 11.3. The molecule has 0 radical (unpaired) electrons. The van der Waals surface area contributed by atoms with Gasteiger partial charge < -0.3 is 0 Å². The van der Waals surface area contributed by atoms with Gasteiger partial charge in [-0.15, -0.1) is 0 Å². The van der Waals surface area contributed by atoms with E-state index in [-0.39, 0.29) is 11.5 Å². The van der Waals surface area contributed by atoms with Gasteiger partial charge in [-0.2, -0.15) is 18.3 Å². The monoisotopic (exact) mass is 241 g/mol. The molecule has 0 fully saturated rings. The number of hydrogen-bond acceptors (Lipinski definition) is 3. The van der Waals surface area contributed by atoms with Crippen LogP contribution in [0.25, 0.3) is 5.82 Å². The average Bonchev–Trinajstić information content (AvgIpc) is 2.73. The second-order valence-electron chi connectivity index (χ2n) is 3.17. The fraction of sp³-hybridized carbons (Fsp3) is 0.100. The number of carbonyl (C=O) groups is 1. The number of rotatable bonds is 2. The van der Waals surface area contributed by atoms with Crippen LogP contribution < -0.4 is 0 Å². The molecule has 0 aliphatic heterocycles. The Morgan fingerprint density at radius 3 is 2.59 bits per heavy atom. The van der Waals surface area contributed by atoms with Gasteiger partial charge in [0.2, 0.25) is 0 Å². The van der Waals surface area contributed by atoms with Crippen molar-refractivity contribution in [1.29, 1.82) is 0 Å². The summed E-state index contributed by atoms with van der Waals surface area (Å²) in [5.41, 5.74) is -1.32. The van der Waals surface area contributed by atoms with Crippen molar-refractivity contribution in [1.82, 2.24) is 14.8 Å². The van der Waals surface area contributed by atoms with Crippen molar-refractivity contribution in [3.8, 4) is 5.82 Å². The molecule has 2 rings (SSSR count). The maximum atomic E-state index is 12.4. The number of nitrogens with zero attached hydrogens (tertiary/aromatic N) is 3. The van der Waals surface area contributed by atoms with Crippen LogP contribution in [-0.2, 0) is 6.18 Å². The number of aldehydes is 1. The quantitative estimate of drug-likeness (QED) is 0.756. The molecule has 0 amide bonds. The molecule has 0 aromatic carbocycles. The average molecular weight is 241 g/mol. The topological polar surface area (TPSA) is 47.8 Å². The lowest BCUT2D eigenvalue weighted by Crippen LogP contribution is -2.08. The van der Waals surface area contributed by atoms with Crippen molar-refractivity contribution < 1.29 is 18.0 Å². The summed E-state index contributed by atoms with van der Waals surface area (Å²) in [7, 11) is 0. The van der Waals surface area contributed by atoms with Crippen LogP contribution in [0.4, 0.5) is 13.2 Å². The molecule has 0 saturated carbocycles. The summed E-state index contributed by atoms with van der Waals surface area (Å²) in [6, 6.07) is 5.34. The summed E-state index contributed by atoms with van der Waals surface area (Å²) in [5.74, 6) is 0.158. The molecule has 0 N–H and O–H groups in total.